The van der Waals surface area contributed by atoms with E-state index in [-0.39, 0.29) is 65.0 Å². The maximum absolute atomic E-state index is 5.93. The summed E-state index contributed by atoms with van der Waals surface area (Å²) in [7, 11) is 0. The molecular formula is C16H19Cl3NO2Ti. The van der Waals surface area contributed by atoms with Crippen LogP contribution >= 0.6 is 0 Å². The van der Waals surface area contributed by atoms with Crippen molar-refractivity contribution >= 4 is 5.69 Å². The largest absolute Gasteiger partial charge is 3.00 e. The van der Waals surface area contributed by atoms with Crippen molar-refractivity contribution in [2.45, 2.75) is 26.6 Å². The Labute approximate surface area is 171 Å². The van der Waals surface area contributed by atoms with E-state index in [0.29, 0.717) is 18.0 Å². The molecule has 0 aromatic heterocycles. The van der Waals surface area contributed by atoms with Crippen LogP contribution < -0.4 is 52.4 Å². The summed E-state index contributed by atoms with van der Waals surface area (Å²) >= 11 is 0. The van der Waals surface area contributed by atoms with E-state index in [1.165, 1.54) is 0 Å². The molecule has 0 saturated heterocycles. The van der Waals surface area contributed by atoms with Gasteiger partial charge in [-0.1, -0.05) is 30.3 Å². The molecule has 3 nitrogen and oxygen atoms in total. The van der Waals surface area contributed by atoms with E-state index in [2.05, 4.69) is 0 Å². The summed E-state index contributed by atoms with van der Waals surface area (Å²) < 4.78 is 11.3. The van der Waals surface area contributed by atoms with Gasteiger partial charge < -0.3 is 52.4 Å². The predicted molar refractivity (Wildman–Crippen MR) is 77.4 cm³/mol. The number of ether oxygens (including phenoxy) is 2. The van der Waals surface area contributed by atoms with Crippen LogP contribution in [0.2, 0.25) is 0 Å². The van der Waals surface area contributed by atoms with Gasteiger partial charge in [-0.15, -0.1) is 0 Å². The number of benzene rings is 2. The number of nitrogens with two attached hydrogens (primary N) is 1. The van der Waals surface area contributed by atoms with Crippen molar-refractivity contribution in [3.05, 3.63) is 54.1 Å². The van der Waals surface area contributed by atoms with Gasteiger partial charge in [0.2, 0.25) is 0 Å². The molecule has 2 aromatic rings. The molecule has 0 spiro atoms. The standard InChI is InChI=1S/C16H19NO2.3ClH.Ti/c1-12(2)19-16-9-8-14(10-15(16)17)18-11-13-6-4-3-5-7-13;;;;/h3-10,12H,11,17H2,1-2H3;3*1H;/q;;;;+3/p-3. The van der Waals surface area contributed by atoms with Crippen LogP contribution in [0.4, 0.5) is 5.69 Å². The van der Waals surface area contributed by atoms with Crippen LogP contribution in [0.25, 0.3) is 0 Å². The number of halogens is 3. The van der Waals surface area contributed by atoms with E-state index in [1.807, 2.05) is 56.3 Å². The van der Waals surface area contributed by atoms with Crippen molar-refractivity contribution in [1.82, 2.24) is 0 Å². The molecule has 2 N–H and O–H groups in total. The maximum Gasteiger partial charge on any atom is 3.00 e. The molecule has 7 heteroatoms. The topological polar surface area (TPSA) is 44.5 Å². The second kappa shape index (κ2) is 13.8. The van der Waals surface area contributed by atoms with E-state index in [9.17, 15) is 0 Å². The maximum atomic E-state index is 5.93. The molecule has 0 saturated carbocycles. The van der Waals surface area contributed by atoms with E-state index < -0.39 is 0 Å². The predicted octanol–water partition coefficient (Wildman–Crippen LogP) is -5.36. The number of anilines is 1. The van der Waals surface area contributed by atoms with E-state index in [1.54, 1.807) is 6.07 Å². The minimum Gasteiger partial charge on any atom is -1.00 e. The molecule has 0 aliphatic rings. The summed E-state index contributed by atoms with van der Waals surface area (Å²) in [4.78, 5) is 0. The van der Waals surface area contributed by atoms with Gasteiger partial charge in [0.1, 0.15) is 18.1 Å². The first-order chi connectivity index (χ1) is 9.15. The Balaban J connectivity index is -0.000001000. The van der Waals surface area contributed by atoms with E-state index in [0.717, 1.165) is 11.3 Å². The summed E-state index contributed by atoms with van der Waals surface area (Å²) in [5, 5.41) is 0. The third-order valence-electron chi connectivity index (χ3n) is 2.59. The van der Waals surface area contributed by atoms with Gasteiger partial charge in [-0.2, -0.15) is 0 Å². The summed E-state index contributed by atoms with van der Waals surface area (Å²) in [5.74, 6) is 1.44. The fourth-order valence-corrected chi connectivity index (χ4v) is 1.72. The van der Waals surface area contributed by atoms with Crippen LogP contribution in [0.5, 0.6) is 11.5 Å². The molecule has 0 amide bonds. The number of rotatable bonds is 5. The minimum absolute atomic E-state index is 0. The molecular weight excluding hydrogens is 392 g/mol. The third kappa shape index (κ3) is 9.34. The normalized spacial score (nSPS) is 8.65. The SMILES string of the molecule is CC(C)Oc1ccc(OCc2ccccc2)cc1N.[Cl-].[Cl-].[Cl-].[Ti+3]. The van der Waals surface area contributed by atoms with Gasteiger partial charge in [0.15, 0.2) is 0 Å². The van der Waals surface area contributed by atoms with Crippen LogP contribution in [-0.4, -0.2) is 6.10 Å². The molecule has 0 bridgehead atoms. The summed E-state index contributed by atoms with van der Waals surface area (Å²) in [6.07, 6.45) is 0.110. The van der Waals surface area contributed by atoms with Crippen LogP contribution in [0.3, 0.4) is 0 Å². The summed E-state index contributed by atoms with van der Waals surface area (Å²) in [6, 6.07) is 15.5. The molecule has 23 heavy (non-hydrogen) atoms. The zero-order valence-electron chi connectivity index (χ0n) is 12.9. The van der Waals surface area contributed by atoms with Crippen molar-refractivity contribution in [1.29, 1.82) is 0 Å². The fraction of sp³-hybridized carbons (Fsp3) is 0.250. The second-order valence-electron chi connectivity index (χ2n) is 4.64. The Morgan fingerprint density at radius 3 is 2.09 bits per heavy atom. The smallest absolute Gasteiger partial charge is 1.00 e. The number of nitrogen functional groups attached to an aromatic ring is 1. The fourth-order valence-electron chi connectivity index (χ4n) is 1.72. The molecule has 0 heterocycles. The van der Waals surface area contributed by atoms with E-state index >= 15 is 0 Å². The zero-order chi connectivity index (χ0) is 13.7. The number of hydrogen-bond acceptors (Lipinski definition) is 3. The van der Waals surface area contributed by atoms with Crippen molar-refractivity contribution in [2.75, 3.05) is 5.73 Å². The van der Waals surface area contributed by atoms with Gasteiger partial charge in [0.25, 0.3) is 0 Å². The van der Waals surface area contributed by atoms with Gasteiger partial charge in [-0.05, 0) is 31.5 Å². The molecule has 125 valence electrons. The van der Waals surface area contributed by atoms with Crippen LogP contribution in [0, 0.1) is 0 Å². The Kier molecular flexibility index (Phi) is 16.4. The van der Waals surface area contributed by atoms with E-state index in [4.69, 9.17) is 15.2 Å². The molecule has 2 aromatic carbocycles. The Hall–Kier alpha value is -0.576. The third-order valence-corrected chi connectivity index (χ3v) is 2.59. The van der Waals surface area contributed by atoms with Crippen molar-refractivity contribution in [3.63, 3.8) is 0 Å². The zero-order valence-corrected chi connectivity index (χ0v) is 16.8. The minimum atomic E-state index is 0. The van der Waals surface area contributed by atoms with Gasteiger partial charge in [-0.25, -0.2) is 0 Å². The van der Waals surface area contributed by atoms with Crippen molar-refractivity contribution in [2.24, 2.45) is 0 Å². The summed E-state index contributed by atoms with van der Waals surface area (Å²) in [6.45, 7) is 4.48. The van der Waals surface area contributed by atoms with Gasteiger partial charge in [0, 0.05) is 6.07 Å². The second-order valence-corrected chi connectivity index (χ2v) is 4.64. The van der Waals surface area contributed by atoms with Crippen molar-refractivity contribution < 1.29 is 68.4 Å². The van der Waals surface area contributed by atoms with Crippen molar-refractivity contribution in [3.8, 4) is 11.5 Å². The molecule has 0 aliphatic heterocycles. The average molecular weight is 412 g/mol. The summed E-state index contributed by atoms with van der Waals surface area (Å²) in [5.41, 5.74) is 7.66. The van der Waals surface area contributed by atoms with Crippen LogP contribution in [0.15, 0.2) is 48.5 Å². The Morgan fingerprint density at radius 2 is 1.57 bits per heavy atom. The average Bonchev–Trinajstić information content (AvgIpc) is 2.40. The first-order valence-corrected chi connectivity index (χ1v) is 6.38. The van der Waals surface area contributed by atoms with Gasteiger partial charge in [-0.3, -0.25) is 0 Å². The Morgan fingerprint density at radius 1 is 0.957 bits per heavy atom. The van der Waals surface area contributed by atoms with Gasteiger partial charge >= 0.3 is 21.7 Å². The molecule has 1 radical (unpaired) electrons. The monoisotopic (exact) mass is 410 g/mol. The van der Waals surface area contributed by atoms with Gasteiger partial charge in [0.05, 0.1) is 11.8 Å². The van der Waals surface area contributed by atoms with Crippen LogP contribution in [-0.2, 0) is 28.3 Å². The number of hydrogen-bond donors (Lipinski definition) is 1. The first kappa shape index (κ1) is 27.3. The Bertz CT molecular complexity index is 542. The molecule has 2 rings (SSSR count). The quantitative estimate of drug-likeness (QED) is 0.395. The molecule has 0 aliphatic carbocycles. The molecule has 0 unspecified atom stereocenters. The van der Waals surface area contributed by atoms with Crippen LogP contribution in [0.1, 0.15) is 19.4 Å². The first-order valence-electron chi connectivity index (χ1n) is 6.38. The molecule has 0 atom stereocenters. The molecule has 0 fully saturated rings.